The minimum Gasteiger partial charge on any atom is -0.469 e. The van der Waals surface area contributed by atoms with Gasteiger partial charge < -0.3 is 14.7 Å². The van der Waals surface area contributed by atoms with Crippen LogP contribution in [-0.4, -0.2) is 48.2 Å². The van der Waals surface area contributed by atoms with Gasteiger partial charge >= 0.3 is 5.97 Å². The molecule has 1 amide bonds. The first-order valence-corrected chi connectivity index (χ1v) is 8.16. The van der Waals surface area contributed by atoms with Gasteiger partial charge in [-0.2, -0.15) is 0 Å². The molecular weight excluding hydrogens is 306 g/mol. The van der Waals surface area contributed by atoms with Crippen molar-refractivity contribution in [3.8, 4) is 0 Å². The molecule has 0 radical (unpaired) electrons. The zero-order valence-corrected chi connectivity index (χ0v) is 14.9. The van der Waals surface area contributed by atoms with Gasteiger partial charge in [0.2, 0.25) is 5.91 Å². The third kappa shape index (κ3) is 5.81. The van der Waals surface area contributed by atoms with Gasteiger partial charge in [0.1, 0.15) is 0 Å². The molecule has 5 nitrogen and oxygen atoms in total. The summed E-state index contributed by atoms with van der Waals surface area (Å²) in [7, 11) is 1.33. The van der Waals surface area contributed by atoms with Crippen LogP contribution in [0.15, 0.2) is 30.3 Å². The summed E-state index contributed by atoms with van der Waals surface area (Å²) in [6.07, 6.45) is 3.82. The molecule has 2 unspecified atom stereocenters. The van der Waals surface area contributed by atoms with Crippen LogP contribution >= 0.6 is 0 Å². The minimum atomic E-state index is -0.452. The van der Waals surface area contributed by atoms with Crippen molar-refractivity contribution in [2.24, 2.45) is 5.92 Å². The Kier molecular flexibility index (Phi) is 8.19. The molecule has 0 saturated carbocycles. The Balaban J connectivity index is 2.90. The van der Waals surface area contributed by atoms with E-state index in [9.17, 15) is 14.7 Å². The summed E-state index contributed by atoms with van der Waals surface area (Å²) in [6, 6.07) is 7.49. The van der Waals surface area contributed by atoms with Gasteiger partial charge in [0.25, 0.3) is 0 Å². The standard InChI is InChI=1S/C19H27NO4/c1-5-17(13-21)20(12-15(3)19(23)24-4)18(22)11-10-16-8-6-14(2)7-9-16/h6-11,15,17,21H,5,12-13H2,1-4H3/b11-10+. The van der Waals surface area contributed by atoms with Crippen molar-refractivity contribution in [1.29, 1.82) is 0 Å². The summed E-state index contributed by atoms with van der Waals surface area (Å²) in [5.74, 6) is -1.05. The van der Waals surface area contributed by atoms with Crippen LogP contribution < -0.4 is 0 Å². The molecule has 1 aromatic rings. The molecule has 132 valence electrons. The highest BCUT2D eigenvalue weighted by atomic mass is 16.5. The van der Waals surface area contributed by atoms with Gasteiger partial charge in [-0.1, -0.05) is 43.7 Å². The van der Waals surface area contributed by atoms with Gasteiger partial charge in [-0.25, -0.2) is 0 Å². The van der Waals surface area contributed by atoms with E-state index in [2.05, 4.69) is 0 Å². The second-order valence-electron chi connectivity index (χ2n) is 5.90. The summed E-state index contributed by atoms with van der Waals surface area (Å²) in [6.45, 7) is 5.67. The first-order valence-electron chi connectivity index (χ1n) is 8.16. The van der Waals surface area contributed by atoms with Crippen LogP contribution in [0.25, 0.3) is 6.08 Å². The number of methoxy groups -OCH3 is 1. The normalized spacial score (nSPS) is 13.5. The van der Waals surface area contributed by atoms with E-state index in [0.29, 0.717) is 6.42 Å². The van der Waals surface area contributed by atoms with Crippen molar-refractivity contribution < 1.29 is 19.4 Å². The van der Waals surface area contributed by atoms with Crippen molar-refractivity contribution in [2.45, 2.75) is 33.2 Å². The maximum atomic E-state index is 12.6. The number of esters is 1. The van der Waals surface area contributed by atoms with E-state index in [0.717, 1.165) is 11.1 Å². The molecule has 0 aliphatic carbocycles. The summed E-state index contributed by atoms with van der Waals surface area (Å²) in [5, 5.41) is 9.54. The first kappa shape index (κ1) is 19.9. The van der Waals surface area contributed by atoms with Gasteiger partial charge in [0.05, 0.1) is 25.7 Å². The lowest BCUT2D eigenvalue weighted by Gasteiger charge is -2.30. The average molecular weight is 333 g/mol. The van der Waals surface area contributed by atoms with Crippen molar-refractivity contribution in [2.75, 3.05) is 20.3 Å². The van der Waals surface area contributed by atoms with E-state index in [1.54, 1.807) is 13.0 Å². The number of hydrogen-bond donors (Lipinski definition) is 1. The molecule has 0 bridgehead atoms. The van der Waals surface area contributed by atoms with Crippen LogP contribution in [0.3, 0.4) is 0 Å². The zero-order valence-electron chi connectivity index (χ0n) is 14.9. The van der Waals surface area contributed by atoms with Crippen molar-refractivity contribution in [3.63, 3.8) is 0 Å². The highest BCUT2D eigenvalue weighted by Gasteiger charge is 2.25. The van der Waals surface area contributed by atoms with E-state index >= 15 is 0 Å². The monoisotopic (exact) mass is 333 g/mol. The summed E-state index contributed by atoms with van der Waals surface area (Å²) in [4.78, 5) is 25.7. The van der Waals surface area contributed by atoms with Crippen LogP contribution in [0.1, 0.15) is 31.4 Å². The lowest BCUT2D eigenvalue weighted by Crippen LogP contribution is -2.45. The van der Waals surface area contributed by atoms with Gasteiger partial charge in [-0.15, -0.1) is 0 Å². The first-order chi connectivity index (χ1) is 11.4. The van der Waals surface area contributed by atoms with Crippen molar-refractivity contribution in [1.82, 2.24) is 4.90 Å². The highest BCUT2D eigenvalue weighted by molar-refractivity contribution is 5.92. The quantitative estimate of drug-likeness (QED) is 0.586. The predicted molar refractivity (Wildman–Crippen MR) is 94.3 cm³/mol. The maximum absolute atomic E-state index is 12.6. The number of ether oxygens (including phenoxy) is 1. The zero-order chi connectivity index (χ0) is 18.1. The lowest BCUT2D eigenvalue weighted by molar-refractivity contribution is -0.146. The number of aliphatic hydroxyl groups is 1. The molecule has 0 saturated heterocycles. The smallest absolute Gasteiger partial charge is 0.310 e. The van der Waals surface area contributed by atoms with Crippen LogP contribution in [0.4, 0.5) is 0 Å². The molecule has 0 heterocycles. The van der Waals surface area contributed by atoms with Crippen molar-refractivity contribution >= 4 is 18.0 Å². The van der Waals surface area contributed by atoms with E-state index in [4.69, 9.17) is 4.74 Å². The summed E-state index contributed by atoms with van der Waals surface area (Å²) < 4.78 is 4.72. The molecule has 5 heteroatoms. The third-order valence-corrected chi connectivity index (χ3v) is 3.98. The van der Waals surface area contributed by atoms with E-state index in [-0.39, 0.29) is 31.1 Å². The molecule has 0 spiro atoms. The highest BCUT2D eigenvalue weighted by Crippen LogP contribution is 2.12. The number of carbonyl (C=O) groups is 2. The number of aliphatic hydroxyl groups excluding tert-OH is 1. The number of amides is 1. The average Bonchev–Trinajstić information content (AvgIpc) is 2.60. The fourth-order valence-electron chi connectivity index (χ4n) is 2.38. The maximum Gasteiger partial charge on any atom is 0.310 e. The molecule has 0 fully saturated rings. The largest absolute Gasteiger partial charge is 0.469 e. The fourth-order valence-corrected chi connectivity index (χ4v) is 2.38. The Hall–Kier alpha value is -2.14. The Morgan fingerprint density at radius 3 is 2.42 bits per heavy atom. The molecule has 1 N–H and O–H groups in total. The molecular formula is C19H27NO4. The number of nitrogens with zero attached hydrogens (tertiary/aromatic N) is 1. The predicted octanol–water partition coefficient (Wildman–Crippen LogP) is 2.42. The second-order valence-corrected chi connectivity index (χ2v) is 5.90. The lowest BCUT2D eigenvalue weighted by atomic mass is 10.1. The number of aryl methyl sites for hydroxylation is 1. The Bertz CT molecular complexity index is 561. The number of carbonyl (C=O) groups excluding carboxylic acids is 2. The third-order valence-electron chi connectivity index (χ3n) is 3.98. The number of hydrogen-bond acceptors (Lipinski definition) is 4. The molecule has 1 rings (SSSR count). The second kappa shape index (κ2) is 9.88. The van der Waals surface area contributed by atoms with Crippen LogP contribution in [0.5, 0.6) is 0 Å². The molecule has 2 atom stereocenters. The molecule has 1 aromatic carbocycles. The Morgan fingerprint density at radius 2 is 1.92 bits per heavy atom. The molecule has 24 heavy (non-hydrogen) atoms. The Labute approximate surface area is 143 Å². The summed E-state index contributed by atoms with van der Waals surface area (Å²) in [5.41, 5.74) is 2.07. The van der Waals surface area contributed by atoms with Gasteiger partial charge in [0, 0.05) is 12.6 Å². The SMILES string of the molecule is CCC(CO)N(CC(C)C(=O)OC)C(=O)/C=C/c1ccc(C)cc1. The van der Waals surface area contributed by atoms with Crippen LogP contribution in [0.2, 0.25) is 0 Å². The minimum absolute atomic E-state index is 0.144. The van der Waals surface area contributed by atoms with Gasteiger partial charge in [0.15, 0.2) is 0 Å². The van der Waals surface area contributed by atoms with E-state index < -0.39 is 5.92 Å². The molecule has 0 aliphatic heterocycles. The Morgan fingerprint density at radius 1 is 1.29 bits per heavy atom. The topological polar surface area (TPSA) is 66.8 Å². The van der Waals surface area contributed by atoms with Crippen LogP contribution in [0, 0.1) is 12.8 Å². The fraction of sp³-hybridized carbons (Fsp3) is 0.474. The number of rotatable bonds is 8. The van der Waals surface area contributed by atoms with E-state index in [1.165, 1.54) is 18.1 Å². The van der Waals surface area contributed by atoms with E-state index in [1.807, 2.05) is 38.1 Å². The molecule has 0 aromatic heterocycles. The molecule has 0 aliphatic rings. The summed E-state index contributed by atoms with van der Waals surface area (Å²) >= 11 is 0. The van der Waals surface area contributed by atoms with Gasteiger partial charge in [-0.3, -0.25) is 9.59 Å². The van der Waals surface area contributed by atoms with Crippen LogP contribution in [-0.2, 0) is 14.3 Å². The van der Waals surface area contributed by atoms with Crippen molar-refractivity contribution in [3.05, 3.63) is 41.5 Å². The number of benzene rings is 1. The van der Waals surface area contributed by atoms with Gasteiger partial charge in [-0.05, 0) is 25.0 Å².